The Morgan fingerprint density at radius 3 is 2.50 bits per heavy atom. The Bertz CT molecular complexity index is 546. The predicted molar refractivity (Wildman–Crippen MR) is 81.2 cm³/mol. The molecule has 0 aliphatic carbocycles. The molecule has 1 aromatic rings. The number of hydrogen-bond donors (Lipinski definition) is 2. The summed E-state index contributed by atoms with van der Waals surface area (Å²) >= 11 is 0. The minimum absolute atomic E-state index is 0.0261. The van der Waals surface area contributed by atoms with Crippen LogP contribution in [0.4, 0.5) is 11.4 Å². The summed E-state index contributed by atoms with van der Waals surface area (Å²) in [6, 6.07) is 4.90. The van der Waals surface area contributed by atoms with E-state index in [4.69, 9.17) is 15.6 Å². The third-order valence-corrected chi connectivity index (χ3v) is 4.13. The van der Waals surface area contributed by atoms with Crippen LogP contribution < -0.4 is 15.8 Å². The van der Waals surface area contributed by atoms with Crippen molar-refractivity contribution in [1.29, 1.82) is 0 Å². The maximum absolute atomic E-state index is 11.5. The fourth-order valence-corrected chi connectivity index (χ4v) is 2.54. The number of methoxy groups -OCH3 is 1. The molecule has 0 radical (unpaired) electrons. The van der Waals surface area contributed by atoms with Gasteiger partial charge in [-0.3, -0.25) is 0 Å². The van der Waals surface area contributed by atoms with Crippen molar-refractivity contribution in [3.05, 3.63) is 18.2 Å². The Morgan fingerprint density at radius 1 is 1.35 bits per heavy atom. The lowest BCUT2D eigenvalue weighted by Gasteiger charge is -2.31. The molecule has 0 heterocycles. The van der Waals surface area contributed by atoms with E-state index in [1.54, 1.807) is 19.2 Å². The highest BCUT2D eigenvalue weighted by Crippen LogP contribution is 2.25. The second-order valence-electron chi connectivity index (χ2n) is 4.75. The average molecular weight is 301 g/mol. The summed E-state index contributed by atoms with van der Waals surface area (Å²) in [7, 11) is -2.14. The third-order valence-electron chi connectivity index (χ3n) is 3.23. The Hall–Kier alpha value is -1.31. The van der Waals surface area contributed by atoms with Gasteiger partial charge in [-0.05, 0) is 31.5 Å². The van der Waals surface area contributed by atoms with Crippen molar-refractivity contribution >= 4 is 21.4 Å². The lowest BCUT2D eigenvalue weighted by atomic mass is 10.1. The quantitative estimate of drug-likeness (QED) is 0.737. The Morgan fingerprint density at radius 2 is 2.00 bits per heavy atom. The van der Waals surface area contributed by atoms with E-state index in [0.717, 1.165) is 12.1 Å². The Kier molecular flexibility index (Phi) is 5.79. The van der Waals surface area contributed by atoms with Gasteiger partial charge in [0, 0.05) is 31.1 Å². The molecule has 0 aliphatic rings. The van der Waals surface area contributed by atoms with Crippen LogP contribution in [0.25, 0.3) is 0 Å². The van der Waals surface area contributed by atoms with Crippen molar-refractivity contribution in [2.75, 3.05) is 30.9 Å². The van der Waals surface area contributed by atoms with E-state index in [9.17, 15) is 8.42 Å². The van der Waals surface area contributed by atoms with Gasteiger partial charge in [0.15, 0.2) is 0 Å². The molecule has 0 spiro atoms. The number of hydrogen-bond acceptors (Lipinski definition) is 5. The zero-order chi connectivity index (χ0) is 15.3. The highest BCUT2D eigenvalue weighted by atomic mass is 32.2. The van der Waals surface area contributed by atoms with Crippen molar-refractivity contribution in [3.63, 3.8) is 0 Å². The number of benzene rings is 1. The number of primary sulfonamides is 1. The fraction of sp³-hybridized carbons (Fsp3) is 0.538. The first kappa shape index (κ1) is 16.7. The molecule has 20 heavy (non-hydrogen) atoms. The molecule has 114 valence electrons. The van der Waals surface area contributed by atoms with Crippen molar-refractivity contribution < 1.29 is 13.2 Å². The van der Waals surface area contributed by atoms with Gasteiger partial charge in [0.25, 0.3) is 0 Å². The van der Waals surface area contributed by atoms with Gasteiger partial charge < -0.3 is 15.4 Å². The lowest BCUT2D eigenvalue weighted by molar-refractivity contribution is 0.203. The molecule has 1 rings (SSSR count). The van der Waals surface area contributed by atoms with E-state index < -0.39 is 10.0 Å². The fourth-order valence-electron chi connectivity index (χ4n) is 1.95. The lowest BCUT2D eigenvalue weighted by Crippen LogP contribution is -2.35. The monoisotopic (exact) mass is 301 g/mol. The molecule has 0 aliphatic heterocycles. The number of sulfonamides is 1. The molecular weight excluding hydrogens is 278 g/mol. The first-order chi connectivity index (χ1) is 9.29. The third kappa shape index (κ3) is 4.36. The topological polar surface area (TPSA) is 98.7 Å². The van der Waals surface area contributed by atoms with Gasteiger partial charge in [-0.1, -0.05) is 6.92 Å². The van der Waals surface area contributed by atoms with Gasteiger partial charge in [-0.2, -0.15) is 0 Å². The van der Waals surface area contributed by atoms with Crippen molar-refractivity contribution in [3.8, 4) is 0 Å². The second-order valence-corrected chi connectivity index (χ2v) is 6.31. The van der Waals surface area contributed by atoms with Gasteiger partial charge in [-0.15, -0.1) is 0 Å². The smallest absolute Gasteiger partial charge is 0.238 e. The van der Waals surface area contributed by atoms with Crippen LogP contribution in [0.1, 0.15) is 20.3 Å². The highest BCUT2D eigenvalue weighted by Gasteiger charge is 2.17. The number of anilines is 2. The van der Waals surface area contributed by atoms with Gasteiger partial charge >= 0.3 is 0 Å². The minimum atomic E-state index is -3.77. The van der Waals surface area contributed by atoms with Crippen LogP contribution in [0.3, 0.4) is 0 Å². The van der Waals surface area contributed by atoms with E-state index >= 15 is 0 Å². The van der Waals surface area contributed by atoms with Crippen LogP contribution in [-0.4, -0.2) is 34.7 Å². The van der Waals surface area contributed by atoms with Crippen molar-refractivity contribution in [2.24, 2.45) is 5.14 Å². The summed E-state index contributed by atoms with van der Waals surface area (Å²) in [4.78, 5) is 2.09. The molecule has 0 bridgehead atoms. The molecule has 4 N–H and O–H groups in total. The molecule has 1 unspecified atom stereocenters. The number of nitrogens with zero attached hydrogens (tertiary/aromatic N) is 1. The van der Waals surface area contributed by atoms with E-state index in [1.165, 1.54) is 6.07 Å². The van der Waals surface area contributed by atoms with Gasteiger partial charge in [0.1, 0.15) is 0 Å². The molecule has 0 saturated heterocycles. The maximum atomic E-state index is 11.5. The van der Waals surface area contributed by atoms with E-state index in [0.29, 0.717) is 18.8 Å². The van der Waals surface area contributed by atoms with Crippen molar-refractivity contribution in [1.82, 2.24) is 0 Å². The van der Waals surface area contributed by atoms with Crippen LogP contribution in [-0.2, 0) is 14.8 Å². The van der Waals surface area contributed by atoms with E-state index in [2.05, 4.69) is 18.7 Å². The van der Waals surface area contributed by atoms with Crippen LogP contribution in [0.2, 0.25) is 0 Å². The van der Waals surface area contributed by atoms with Crippen molar-refractivity contribution in [2.45, 2.75) is 31.2 Å². The number of nitrogens with two attached hydrogens (primary N) is 2. The Balaban J connectivity index is 3.22. The van der Waals surface area contributed by atoms with Gasteiger partial charge in [0.2, 0.25) is 10.0 Å². The summed E-state index contributed by atoms with van der Waals surface area (Å²) in [6.07, 6.45) is 0.920. The summed E-state index contributed by atoms with van der Waals surface area (Å²) in [6.45, 7) is 5.33. The zero-order valence-corrected chi connectivity index (χ0v) is 13.0. The second kappa shape index (κ2) is 6.92. The molecule has 0 aromatic heterocycles. The highest BCUT2D eigenvalue weighted by molar-refractivity contribution is 7.89. The number of rotatable bonds is 7. The van der Waals surface area contributed by atoms with E-state index in [1.807, 2.05) is 0 Å². The molecule has 6 nitrogen and oxygen atoms in total. The zero-order valence-electron chi connectivity index (χ0n) is 12.2. The molecule has 0 saturated carbocycles. The average Bonchev–Trinajstić information content (AvgIpc) is 2.37. The van der Waals surface area contributed by atoms with E-state index in [-0.39, 0.29) is 10.9 Å². The Labute approximate surface area is 120 Å². The summed E-state index contributed by atoms with van der Waals surface area (Å²) in [5.74, 6) is 0. The predicted octanol–water partition coefficient (Wildman–Crippen LogP) is 1.17. The molecule has 1 aromatic carbocycles. The molecule has 0 amide bonds. The largest absolute Gasteiger partial charge is 0.399 e. The van der Waals surface area contributed by atoms with Crippen LogP contribution in [0.15, 0.2) is 23.1 Å². The SMILES string of the molecule is CCC(C)N(CCOC)c1cc(N)cc(S(N)(=O)=O)c1. The number of nitrogen functional groups attached to an aromatic ring is 1. The van der Waals surface area contributed by atoms with Gasteiger partial charge in [0.05, 0.1) is 11.5 Å². The summed E-state index contributed by atoms with van der Waals surface area (Å²) in [5, 5.41) is 5.18. The number of ether oxygens (including phenoxy) is 1. The van der Waals surface area contributed by atoms with Crippen LogP contribution in [0, 0.1) is 0 Å². The molecule has 0 fully saturated rings. The normalized spacial score (nSPS) is 13.2. The first-order valence-electron chi connectivity index (χ1n) is 6.48. The molecule has 7 heteroatoms. The first-order valence-corrected chi connectivity index (χ1v) is 8.03. The molecular formula is C13H23N3O3S. The maximum Gasteiger partial charge on any atom is 0.238 e. The van der Waals surface area contributed by atoms with Gasteiger partial charge in [-0.25, -0.2) is 13.6 Å². The van der Waals surface area contributed by atoms with Crippen LogP contribution >= 0.6 is 0 Å². The minimum Gasteiger partial charge on any atom is -0.399 e. The molecule has 1 atom stereocenters. The van der Waals surface area contributed by atoms with Crippen LogP contribution in [0.5, 0.6) is 0 Å². The standard InChI is InChI=1S/C13H23N3O3S/c1-4-10(2)16(5-6-19-3)12-7-11(14)8-13(9-12)20(15,17)18/h7-10H,4-6,14H2,1-3H3,(H2,15,17,18). The summed E-state index contributed by atoms with van der Waals surface area (Å²) < 4.78 is 28.1. The summed E-state index contributed by atoms with van der Waals surface area (Å²) in [5.41, 5.74) is 6.90.